The maximum atomic E-state index is 13.0. The molecule has 25 heavy (non-hydrogen) atoms. The zero-order valence-corrected chi connectivity index (χ0v) is 15.1. The van der Waals surface area contributed by atoms with Crippen molar-refractivity contribution in [2.45, 2.75) is 12.3 Å². The summed E-state index contributed by atoms with van der Waals surface area (Å²) < 4.78 is 0.920. The lowest BCUT2D eigenvalue weighted by Crippen LogP contribution is -2.17. The minimum Gasteiger partial charge on any atom is -0.294 e. The number of ketones is 2. The highest BCUT2D eigenvalue weighted by Crippen LogP contribution is 2.26. The number of halogens is 1. The summed E-state index contributed by atoms with van der Waals surface area (Å²) in [5, 5.41) is 0. The Morgan fingerprint density at radius 3 is 1.88 bits per heavy atom. The number of benzene rings is 3. The molecule has 0 heterocycles. The van der Waals surface area contributed by atoms with Gasteiger partial charge in [0.05, 0.1) is 5.92 Å². The molecule has 0 aromatic heterocycles. The van der Waals surface area contributed by atoms with Gasteiger partial charge in [-0.3, -0.25) is 9.59 Å². The van der Waals surface area contributed by atoms with Crippen LogP contribution < -0.4 is 0 Å². The van der Waals surface area contributed by atoms with Crippen molar-refractivity contribution in [1.82, 2.24) is 0 Å². The molecular formula is C22H17BrO2. The van der Waals surface area contributed by atoms with E-state index < -0.39 is 5.92 Å². The van der Waals surface area contributed by atoms with E-state index >= 15 is 0 Å². The van der Waals surface area contributed by atoms with E-state index in [1.165, 1.54) is 0 Å². The lowest BCUT2D eigenvalue weighted by molar-refractivity contribution is 0.0893. The Labute approximate surface area is 155 Å². The SMILES string of the molecule is O=C(CC(C(=O)c1ccccc1)c1ccccc1)c1ccc(Br)cc1. The molecule has 3 heteroatoms. The fraction of sp³-hybridized carbons (Fsp3) is 0.0909. The predicted molar refractivity (Wildman–Crippen MR) is 103 cm³/mol. The Morgan fingerprint density at radius 1 is 0.720 bits per heavy atom. The minimum absolute atomic E-state index is 0.0303. The monoisotopic (exact) mass is 392 g/mol. The molecule has 0 aliphatic heterocycles. The quantitative estimate of drug-likeness (QED) is 0.505. The van der Waals surface area contributed by atoms with Crippen molar-refractivity contribution in [2.75, 3.05) is 0 Å². The number of Topliss-reactive ketones (excluding diaryl/α,β-unsaturated/α-hetero) is 2. The third-order valence-corrected chi connectivity index (χ3v) is 4.66. The third kappa shape index (κ3) is 4.31. The molecule has 0 fully saturated rings. The van der Waals surface area contributed by atoms with Crippen molar-refractivity contribution in [3.63, 3.8) is 0 Å². The Kier molecular flexibility index (Phi) is 5.56. The van der Waals surface area contributed by atoms with Crippen LogP contribution >= 0.6 is 15.9 Å². The number of hydrogen-bond acceptors (Lipinski definition) is 2. The summed E-state index contributed by atoms with van der Waals surface area (Å²) in [6.45, 7) is 0. The van der Waals surface area contributed by atoms with Gasteiger partial charge in [0.1, 0.15) is 0 Å². The van der Waals surface area contributed by atoms with E-state index in [1.807, 2.05) is 60.7 Å². The van der Waals surface area contributed by atoms with Gasteiger partial charge in [-0.1, -0.05) is 88.7 Å². The lowest BCUT2D eigenvalue weighted by atomic mass is 9.85. The molecule has 0 saturated carbocycles. The summed E-state index contributed by atoms with van der Waals surface area (Å²) in [7, 11) is 0. The van der Waals surface area contributed by atoms with E-state index in [0.29, 0.717) is 11.1 Å². The highest BCUT2D eigenvalue weighted by atomic mass is 79.9. The number of hydrogen-bond donors (Lipinski definition) is 0. The molecule has 124 valence electrons. The second-order valence-electron chi connectivity index (χ2n) is 5.83. The molecule has 0 N–H and O–H groups in total. The van der Waals surface area contributed by atoms with E-state index in [-0.39, 0.29) is 18.0 Å². The largest absolute Gasteiger partial charge is 0.294 e. The third-order valence-electron chi connectivity index (χ3n) is 4.13. The van der Waals surface area contributed by atoms with Crippen LogP contribution in [0.2, 0.25) is 0 Å². The molecule has 1 atom stereocenters. The van der Waals surface area contributed by atoms with Crippen molar-refractivity contribution >= 4 is 27.5 Å². The average molecular weight is 393 g/mol. The van der Waals surface area contributed by atoms with Crippen LogP contribution in [0.15, 0.2) is 89.4 Å². The van der Waals surface area contributed by atoms with Gasteiger partial charge in [-0.2, -0.15) is 0 Å². The molecule has 1 unspecified atom stereocenters. The molecule has 0 aliphatic carbocycles. The smallest absolute Gasteiger partial charge is 0.170 e. The van der Waals surface area contributed by atoms with Crippen LogP contribution in [-0.2, 0) is 0 Å². The Balaban J connectivity index is 1.90. The molecule has 0 aliphatic rings. The molecule has 0 saturated heterocycles. The summed E-state index contributed by atoms with van der Waals surface area (Å²) in [6, 6.07) is 25.9. The summed E-state index contributed by atoms with van der Waals surface area (Å²) >= 11 is 3.37. The minimum atomic E-state index is -0.486. The zero-order valence-electron chi connectivity index (χ0n) is 13.6. The first-order valence-corrected chi connectivity index (χ1v) is 8.87. The van der Waals surface area contributed by atoms with Crippen LogP contribution in [0.3, 0.4) is 0 Å². The molecule has 0 bridgehead atoms. The van der Waals surface area contributed by atoms with Gasteiger partial charge in [0, 0.05) is 22.0 Å². The van der Waals surface area contributed by atoms with Gasteiger partial charge >= 0.3 is 0 Å². The van der Waals surface area contributed by atoms with E-state index in [1.54, 1.807) is 24.3 Å². The summed E-state index contributed by atoms with van der Waals surface area (Å²) in [5.74, 6) is -0.553. The fourth-order valence-electron chi connectivity index (χ4n) is 2.79. The van der Waals surface area contributed by atoms with Crippen LogP contribution in [0.4, 0.5) is 0 Å². The summed E-state index contributed by atoms with van der Waals surface area (Å²) in [5.41, 5.74) is 2.10. The first-order chi connectivity index (χ1) is 12.1. The standard InChI is InChI=1S/C22H17BrO2/c23-19-13-11-17(12-14-19)21(24)15-20(16-7-3-1-4-8-16)22(25)18-9-5-2-6-10-18/h1-14,20H,15H2. The molecule has 3 aromatic carbocycles. The molecule has 0 spiro atoms. The second kappa shape index (κ2) is 8.04. The van der Waals surface area contributed by atoms with Crippen LogP contribution in [0.25, 0.3) is 0 Å². The van der Waals surface area contributed by atoms with E-state index in [9.17, 15) is 9.59 Å². The van der Waals surface area contributed by atoms with Crippen LogP contribution in [0.5, 0.6) is 0 Å². The molecule has 0 amide bonds. The molecule has 3 aromatic rings. The van der Waals surface area contributed by atoms with Gasteiger partial charge in [-0.25, -0.2) is 0 Å². The van der Waals surface area contributed by atoms with Gasteiger partial charge in [0.25, 0.3) is 0 Å². The van der Waals surface area contributed by atoms with Crippen LogP contribution in [0.1, 0.15) is 38.6 Å². The van der Waals surface area contributed by atoms with Gasteiger partial charge in [0.15, 0.2) is 11.6 Å². The van der Waals surface area contributed by atoms with E-state index in [0.717, 1.165) is 10.0 Å². The fourth-order valence-corrected chi connectivity index (χ4v) is 3.05. The van der Waals surface area contributed by atoms with E-state index in [4.69, 9.17) is 0 Å². The molecular weight excluding hydrogens is 376 g/mol. The number of rotatable bonds is 6. The molecule has 3 rings (SSSR count). The van der Waals surface area contributed by atoms with Crippen molar-refractivity contribution < 1.29 is 9.59 Å². The highest BCUT2D eigenvalue weighted by Gasteiger charge is 2.25. The topological polar surface area (TPSA) is 34.1 Å². The number of carbonyl (C=O) groups is 2. The molecule has 2 nitrogen and oxygen atoms in total. The van der Waals surface area contributed by atoms with Crippen molar-refractivity contribution in [3.05, 3.63) is 106 Å². The van der Waals surface area contributed by atoms with Gasteiger partial charge in [-0.05, 0) is 17.7 Å². The first-order valence-electron chi connectivity index (χ1n) is 8.08. The Hall–Kier alpha value is -2.52. The highest BCUT2D eigenvalue weighted by molar-refractivity contribution is 9.10. The van der Waals surface area contributed by atoms with E-state index in [2.05, 4.69) is 15.9 Å². The maximum Gasteiger partial charge on any atom is 0.170 e. The average Bonchev–Trinajstić information content (AvgIpc) is 2.67. The van der Waals surface area contributed by atoms with Crippen molar-refractivity contribution in [3.8, 4) is 0 Å². The van der Waals surface area contributed by atoms with Crippen LogP contribution in [0, 0.1) is 0 Å². The predicted octanol–water partition coefficient (Wildman–Crippen LogP) is 5.69. The van der Waals surface area contributed by atoms with Crippen molar-refractivity contribution in [1.29, 1.82) is 0 Å². The summed E-state index contributed by atoms with van der Waals surface area (Å²) in [6.07, 6.45) is 0.152. The zero-order chi connectivity index (χ0) is 17.6. The van der Waals surface area contributed by atoms with Gasteiger partial charge < -0.3 is 0 Å². The molecule has 0 radical (unpaired) electrons. The van der Waals surface area contributed by atoms with Gasteiger partial charge in [-0.15, -0.1) is 0 Å². The normalized spacial score (nSPS) is 11.7. The maximum absolute atomic E-state index is 13.0. The summed E-state index contributed by atoms with van der Waals surface area (Å²) in [4.78, 5) is 25.7. The van der Waals surface area contributed by atoms with Crippen molar-refractivity contribution in [2.24, 2.45) is 0 Å². The Bertz CT molecular complexity index is 856. The number of carbonyl (C=O) groups excluding carboxylic acids is 2. The van der Waals surface area contributed by atoms with Gasteiger partial charge in [0.2, 0.25) is 0 Å². The lowest BCUT2D eigenvalue weighted by Gasteiger charge is -2.16. The first kappa shape index (κ1) is 17.3. The Morgan fingerprint density at radius 2 is 1.28 bits per heavy atom. The second-order valence-corrected chi connectivity index (χ2v) is 6.74. The van der Waals surface area contributed by atoms with Crippen LogP contribution in [-0.4, -0.2) is 11.6 Å².